The van der Waals surface area contributed by atoms with Crippen molar-refractivity contribution in [2.75, 3.05) is 14.1 Å². The number of fused-ring (bicyclic) bond motifs is 3. The van der Waals surface area contributed by atoms with E-state index in [1.54, 1.807) is 6.92 Å². The Hall–Kier alpha value is -4.39. The van der Waals surface area contributed by atoms with Crippen molar-refractivity contribution in [1.29, 1.82) is 0 Å². The quantitative estimate of drug-likeness (QED) is 0.122. The van der Waals surface area contributed by atoms with E-state index in [1.807, 2.05) is 0 Å². The summed E-state index contributed by atoms with van der Waals surface area (Å²) in [5.74, 6) is -10.9. The molecule has 6 N–H and O–H groups in total. The van der Waals surface area contributed by atoms with Crippen LogP contribution in [0.5, 0.6) is 5.75 Å². The van der Waals surface area contributed by atoms with Crippen LogP contribution in [0.1, 0.15) is 30.9 Å². The molecule has 1 aromatic carbocycles. The van der Waals surface area contributed by atoms with Crippen molar-refractivity contribution >= 4 is 34.9 Å². The molecule has 0 radical (unpaired) electrons. The maximum absolute atomic E-state index is 14.0. The molecule has 3 aliphatic rings. The predicted octanol–water partition coefficient (Wildman–Crippen LogP) is 1.01. The minimum absolute atomic E-state index is 0.255. The highest BCUT2D eigenvalue weighted by molar-refractivity contribution is 6.24. The number of primary amides is 1. The van der Waals surface area contributed by atoms with Gasteiger partial charge in [0.2, 0.25) is 5.78 Å². The molecule has 38 heavy (non-hydrogen) atoms. The minimum atomic E-state index is -3.03. The summed E-state index contributed by atoms with van der Waals surface area (Å²) in [6.45, 7) is 2.68. The highest BCUT2D eigenvalue weighted by Gasteiger charge is 2.69. The van der Waals surface area contributed by atoms with Gasteiger partial charge in [-0.3, -0.25) is 24.1 Å². The Labute approximate surface area is 215 Å². The van der Waals surface area contributed by atoms with E-state index in [0.717, 1.165) is 6.92 Å². The van der Waals surface area contributed by atoms with Gasteiger partial charge in [0, 0.05) is 23.3 Å². The third-order valence-corrected chi connectivity index (χ3v) is 7.53. The van der Waals surface area contributed by atoms with Gasteiger partial charge in [-0.25, -0.2) is 0 Å². The van der Waals surface area contributed by atoms with Crippen LogP contribution in [0.3, 0.4) is 0 Å². The number of Topliss-reactive ketones (excluding diaryl/α,β-unsaturated/α-hetero) is 2. The van der Waals surface area contributed by atoms with E-state index in [4.69, 9.17) is 16.0 Å². The van der Waals surface area contributed by atoms with Gasteiger partial charge in [0.25, 0.3) is 5.91 Å². The highest BCUT2D eigenvalue weighted by Crippen LogP contribution is 2.57. The van der Waals surface area contributed by atoms with Crippen LogP contribution in [-0.4, -0.2) is 80.6 Å². The lowest BCUT2D eigenvalue weighted by Crippen LogP contribution is -2.71. The van der Waals surface area contributed by atoms with Crippen LogP contribution in [-0.2, 0) is 23.9 Å². The van der Waals surface area contributed by atoms with Gasteiger partial charge in [-0.2, -0.15) is 0 Å². The van der Waals surface area contributed by atoms with E-state index in [9.17, 15) is 39.6 Å². The number of carbonyl (C=O) groups excluding carboxylic acids is 4. The number of benzene rings is 1. The Morgan fingerprint density at radius 3 is 2.37 bits per heavy atom. The number of amides is 1. The zero-order valence-electron chi connectivity index (χ0n) is 20.7. The molecule has 3 aliphatic carbocycles. The zero-order chi connectivity index (χ0) is 28.4. The number of phenols is 1. The summed E-state index contributed by atoms with van der Waals surface area (Å²) in [4.78, 5) is 55.7. The summed E-state index contributed by atoms with van der Waals surface area (Å²) < 4.78 is 5.59. The number of carbonyl (C=O) groups is 4. The second-order valence-corrected chi connectivity index (χ2v) is 9.72. The maximum atomic E-state index is 14.0. The normalized spacial score (nSPS) is 30.3. The molecule has 1 aromatic rings. The van der Waals surface area contributed by atoms with E-state index in [0.29, 0.717) is 5.56 Å². The molecule has 4 rings (SSSR count). The third-order valence-electron chi connectivity index (χ3n) is 7.53. The lowest BCUT2D eigenvalue weighted by molar-refractivity contribution is -0.184. The van der Waals surface area contributed by atoms with Crippen molar-refractivity contribution in [3.63, 3.8) is 0 Å². The molecule has 14 nitrogen and oxygen atoms in total. The number of hydrogen-bond acceptors (Lipinski definition) is 11. The number of esters is 1. The first-order valence-corrected chi connectivity index (χ1v) is 11.4. The summed E-state index contributed by atoms with van der Waals surface area (Å²) >= 11 is 0. The number of nitrogens with two attached hydrogens (primary N) is 1. The van der Waals surface area contributed by atoms with E-state index < -0.39 is 87.4 Å². The lowest BCUT2D eigenvalue weighted by atomic mass is 9.54. The van der Waals surface area contributed by atoms with Gasteiger partial charge in [0.15, 0.2) is 11.4 Å². The number of ether oxygens (including phenoxy) is 1. The van der Waals surface area contributed by atoms with Crippen LogP contribution in [0, 0.1) is 11.8 Å². The van der Waals surface area contributed by atoms with Crippen LogP contribution in [0.25, 0.3) is 16.2 Å². The van der Waals surface area contributed by atoms with Crippen LogP contribution in [0.15, 0.2) is 34.2 Å². The number of ketones is 2. The van der Waals surface area contributed by atoms with Gasteiger partial charge < -0.3 is 30.9 Å². The van der Waals surface area contributed by atoms with Crippen LogP contribution < -0.4 is 5.73 Å². The van der Waals surface area contributed by atoms with Crippen LogP contribution in [0.4, 0.5) is 5.69 Å². The Morgan fingerprint density at radius 2 is 1.84 bits per heavy atom. The molecule has 0 aromatic heterocycles. The molecule has 6 atom stereocenters. The molecule has 0 bridgehead atoms. The first-order chi connectivity index (χ1) is 17.7. The predicted molar refractivity (Wildman–Crippen MR) is 129 cm³/mol. The van der Waals surface area contributed by atoms with Crippen LogP contribution >= 0.6 is 0 Å². The summed E-state index contributed by atoms with van der Waals surface area (Å²) in [5.41, 5.74) is 9.35. The van der Waals surface area contributed by atoms with Crippen LogP contribution in [0.2, 0.25) is 0 Å². The standard InChI is InChI=1S/C24H25N5O9/c1-7-9-5-6-10(27-28-26)17(31)12(9)18(32)13-11(7)20(38-8(2)30)15-16(29(3)4)19(33)14(23(25)36)22(35)24(15,37)21(13)34/h5-7,11,15-16,20,31-32,35,37H,1-4H3,(H2,25,36)/t7-,11+,15+,16-,20-,24-/m0/s1. The largest absolute Gasteiger partial charge is 0.508 e. The summed E-state index contributed by atoms with van der Waals surface area (Å²) in [7, 11) is 2.86. The summed E-state index contributed by atoms with van der Waals surface area (Å²) in [5, 5.41) is 48.3. The first kappa shape index (κ1) is 26.7. The molecule has 0 spiro atoms. The third kappa shape index (κ3) is 3.38. The number of phenolic OH excluding ortho intramolecular Hbond substituents is 1. The van der Waals surface area contributed by atoms with Gasteiger partial charge in [0.05, 0.1) is 23.2 Å². The Kier molecular flexibility index (Phi) is 6.22. The number of nitrogens with zero attached hydrogens (tertiary/aromatic N) is 4. The second-order valence-electron chi connectivity index (χ2n) is 9.72. The first-order valence-electron chi connectivity index (χ1n) is 11.4. The molecule has 0 aliphatic heterocycles. The van der Waals surface area contributed by atoms with Crippen molar-refractivity contribution in [3.8, 4) is 5.75 Å². The second kappa shape index (κ2) is 8.87. The topological polar surface area (TPSA) is 236 Å². The molecule has 0 saturated heterocycles. The molecular formula is C24H25N5O9. The van der Waals surface area contributed by atoms with E-state index in [1.165, 1.54) is 31.1 Å². The van der Waals surface area contributed by atoms with Gasteiger partial charge in [0.1, 0.15) is 28.9 Å². The number of aromatic hydroxyl groups is 1. The van der Waals surface area contributed by atoms with Crippen molar-refractivity contribution in [1.82, 2.24) is 4.90 Å². The summed E-state index contributed by atoms with van der Waals surface area (Å²) in [6.07, 6.45) is -1.48. The fourth-order valence-corrected chi connectivity index (χ4v) is 6.04. The number of azide groups is 1. The zero-order valence-corrected chi connectivity index (χ0v) is 20.7. The van der Waals surface area contributed by atoms with Gasteiger partial charge in [-0.1, -0.05) is 18.1 Å². The maximum Gasteiger partial charge on any atom is 0.302 e. The van der Waals surface area contributed by atoms with E-state index in [-0.39, 0.29) is 11.3 Å². The molecule has 200 valence electrons. The Morgan fingerprint density at radius 1 is 1.21 bits per heavy atom. The number of aliphatic hydroxyl groups is 3. The molecule has 1 saturated carbocycles. The van der Waals surface area contributed by atoms with Crippen molar-refractivity contribution < 1.29 is 44.3 Å². The molecule has 1 fully saturated rings. The number of aliphatic hydroxyl groups excluding tert-OH is 2. The molecule has 0 unspecified atom stereocenters. The molecule has 14 heteroatoms. The molecule has 1 amide bonds. The average molecular weight is 527 g/mol. The SMILES string of the molecule is CC(=O)O[C@H]1[C@H]2C(=C(O)c3c(ccc(N=[N+]=[N-])c3O)[C@@H]2C)C(=O)[C@]2(O)C(O)=C(C(N)=O)C(=O)[C@@H](N(C)C)[C@H]12. The van der Waals surface area contributed by atoms with Gasteiger partial charge >= 0.3 is 5.97 Å². The van der Waals surface area contributed by atoms with Crippen molar-refractivity contribution in [3.05, 3.63) is 50.6 Å². The Bertz CT molecular complexity index is 1420. The monoisotopic (exact) mass is 527 g/mol. The fourth-order valence-electron chi connectivity index (χ4n) is 6.04. The van der Waals surface area contributed by atoms with Crippen molar-refractivity contribution in [2.45, 2.75) is 37.5 Å². The van der Waals surface area contributed by atoms with Gasteiger partial charge in [-0.05, 0) is 37.2 Å². The fraction of sp³-hybridized carbons (Fsp3) is 0.417. The van der Waals surface area contributed by atoms with E-state index >= 15 is 0 Å². The Balaban J connectivity index is 2.13. The lowest BCUT2D eigenvalue weighted by Gasteiger charge is -2.54. The molecule has 0 heterocycles. The minimum Gasteiger partial charge on any atom is -0.508 e. The summed E-state index contributed by atoms with van der Waals surface area (Å²) in [6, 6.07) is 1.29. The number of rotatable bonds is 4. The van der Waals surface area contributed by atoms with Gasteiger partial charge in [-0.15, -0.1) is 0 Å². The molecular weight excluding hydrogens is 502 g/mol. The average Bonchev–Trinajstić information content (AvgIpc) is 2.81. The number of hydrogen-bond donors (Lipinski definition) is 5. The smallest absolute Gasteiger partial charge is 0.302 e. The highest BCUT2D eigenvalue weighted by atomic mass is 16.5. The van der Waals surface area contributed by atoms with E-state index in [2.05, 4.69) is 10.0 Å². The number of likely N-dealkylation sites (N-methyl/N-ethyl adjacent to an activating group) is 1. The van der Waals surface area contributed by atoms with Crippen molar-refractivity contribution in [2.24, 2.45) is 22.7 Å².